The summed E-state index contributed by atoms with van der Waals surface area (Å²) < 4.78 is 56.8. The largest absolute Gasteiger partial charge is 0.493 e. The Kier molecular flexibility index (Phi) is 8.59. The van der Waals surface area contributed by atoms with Crippen molar-refractivity contribution < 1.29 is 31.9 Å². The molecule has 0 aliphatic carbocycles. The lowest BCUT2D eigenvalue weighted by molar-refractivity contribution is -0.197. The van der Waals surface area contributed by atoms with Crippen molar-refractivity contribution >= 4 is 16.9 Å². The number of aromatic nitrogens is 1. The number of carbonyl (C=O) groups is 1. The van der Waals surface area contributed by atoms with Crippen LogP contribution in [0.2, 0.25) is 0 Å². The van der Waals surface area contributed by atoms with Crippen molar-refractivity contribution in [1.29, 1.82) is 0 Å². The second kappa shape index (κ2) is 11.4. The van der Waals surface area contributed by atoms with Crippen molar-refractivity contribution in [3.63, 3.8) is 0 Å². The van der Waals surface area contributed by atoms with Gasteiger partial charge >= 0.3 is 12.1 Å². The summed E-state index contributed by atoms with van der Waals surface area (Å²) in [6, 6.07) is 10.7. The molecule has 3 rings (SSSR count). The lowest BCUT2D eigenvalue weighted by Crippen LogP contribution is -2.34. The van der Waals surface area contributed by atoms with Crippen LogP contribution in [0.4, 0.5) is 13.2 Å². The number of hydrogen-bond acceptors (Lipinski definition) is 5. The topological polar surface area (TPSA) is 61.6 Å². The highest BCUT2D eigenvalue weighted by Gasteiger charge is 2.41. The normalized spacial score (nSPS) is 13.4. The van der Waals surface area contributed by atoms with Gasteiger partial charge in [0, 0.05) is 22.7 Å². The zero-order valence-electron chi connectivity index (χ0n) is 20.2. The monoisotopic (exact) mass is 489 g/mol. The Morgan fingerprint density at radius 1 is 1.11 bits per heavy atom. The van der Waals surface area contributed by atoms with Crippen LogP contribution >= 0.6 is 0 Å². The molecule has 2 aromatic heterocycles. The highest BCUT2D eigenvalue weighted by atomic mass is 19.4. The number of nitrogens with zero attached hydrogens (tertiary/aromatic N) is 1. The molecule has 188 valence electrons. The summed E-state index contributed by atoms with van der Waals surface area (Å²) in [7, 11) is 0. The van der Waals surface area contributed by atoms with E-state index in [0.717, 1.165) is 35.2 Å². The van der Waals surface area contributed by atoms with Gasteiger partial charge in [0.15, 0.2) is 0 Å². The van der Waals surface area contributed by atoms with Gasteiger partial charge in [-0.2, -0.15) is 13.2 Å². The van der Waals surface area contributed by atoms with Crippen LogP contribution < -0.4 is 4.74 Å². The summed E-state index contributed by atoms with van der Waals surface area (Å²) in [5, 5.41) is 0.797. The molecule has 0 amide bonds. The summed E-state index contributed by atoms with van der Waals surface area (Å²) >= 11 is 0. The van der Waals surface area contributed by atoms with E-state index in [-0.39, 0.29) is 5.75 Å². The Bertz CT molecular complexity index is 1170. The number of alkyl halides is 3. The molecule has 0 fully saturated rings. The van der Waals surface area contributed by atoms with Gasteiger partial charge < -0.3 is 13.9 Å². The lowest BCUT2D eigenvalue weighted by atomic mass is 10.1. The minimum absolute atomic E-state index is 0.228. The molecule has 0 aliphatic rings. The maximum atomic E-state index is 13.5. The van der Waals surface area contributed by atoms with E-state index in [1.165, 1.54) is 6.08 Å². The highest BCUT2D eigenvalue weighted by Crippen LogP contribution is 2.33. The van der Waals surface area contributed by atoms with Crippen molar-refractivity contribution in [3.8, 4) is 17.1 Å². The van der Waals surface area contributed by atoms with E-state index >= 15 is 0 Å². The minimum atomic E-state index is -4.59. The van der Waals surface area contributed by atoms with Crippen LogP contribution in [-0.4, -0.2) is 30.3 Å². The maximum Gasteiger partial charge on any atom is 0.398 e. The quantitative estimate of drug-likeness (QED) is 0.216. The second-order valence-electron chi connectivity index (χ2n) is 8.24. The van der Waals surface area contributed by atoms with Crippen LogP contribution in [-0.2, 0) is 22.4 Å². The fourth-order valence-electron chi connectivity index (χ4n) is 3.62. The standard InChI is InChI=1S/C27H30F3NO4/c1-5-17(6-2)26(32)34-16-19(27(28,29)30)15-33-21-11-9-18-13-25(35-24(18)14-21)22-12-10-20(7-3)31-23(22)8-4/h5,9-14,17,19H,1,6-8,15-16H2,2-4H3. The summed E-state index contributed by atoms with van der Waals surface area (Å²) in [5.41, 5.74) is 3.29. The molecule has 0 N–H and O–H groups in total. The van der Waals surface area contributed by atoms with Gasteiger partial charge in [-0.3, -0.25) is 9.78 Å². The van der Waals surface area contributed by atoms with Gasteiger partial charge in [-0.1, -0.05) is 26.8 Å². The van der Waals surface area contributed by atoms with Crippen molar-refractivity contribution in [3.05, 3.63) is 60.4 Å². The molecule has 0 spiro atoms. The first-order chi connectivity index (χ1) is 16.7. The van der Waals surface area contributed by atoms with Crippen LogP contribution in [0.5, 0.6) is 5.75 Å². The van der Waals surface area contributed by atoms with Crippen LogP contribution in [0, 0.1) is 11.8 Å². The third-order valence-electron chi connectivity index (χ3n) is 5.85. The zero-order valence-corrected chi connectivity index (χ0v) is 20.2. The van der Waals surface area contributed by atoms with Gasteiger partial charge in [-0.15, -0.1) is 6.58 Å². The third-order valence-corrected chi connectivity index (χ3v) is 5.85. The summed E-state index contributed by atoms with van der Waals surface area (Å²) in [6.07, 6.45) is -1.25. The Labute approximate surface area is 202 Å². The summed E-state index contributed by atoms with van der Waals surface area (Å²) in [5.74, 6) is -2.47. The number of rotatable bonds is 11. The fraction of sp³-hybridized carbons (Fsp3) is 0.407. The molecule has 3 aromatic rings. The van der Waals surface area contributed by atoms with E-state index in [1.807, 2.05) is 32.0 Å². The SMILES string of the molecule is C=CC(CC)C(=O)OCC(COc1ccc2cc(-c3ccc(CC)nc3CC)oc2c1)C(F)(F)F. The molecule has 2 atom stereocenters. The van der Waals surface area contributed by atoms with Crippen LogP contribution in [0.25, 0.3) is 22.3 Å². The van der Waals surface area contributed by atoms with E-state index in [0.29, 0.717) is 17.8 Å². The molecular formula is C27H30F3NO4. The molecule has 0 saturated carbocycles. The number of ether oxygens (including phenoxy) is 2. The molecule has 5 nitrogen and oxygen atoms in total. The van der Waals surface area contributed by atoms with E-state index < -0.39 is 37.2 Å². The average Bonchev–Trinajstić information content (AvgIpc) is 3.26. The van der Waals surface area contributed by atoms with Crippen LogP contribution in [0.1, 0.15) is 38.6 Å². The molecule has 0 bridgehead atoms. The molecule has 0 aliphatic heterocycles. The van der Waals surface area contributed by atoms with Gasteiger partial charge in [-0.05, 0) is 49.6 Å². The fourth-order valence-corrected chi connectivity index (χ4v) is 3.62. The number of halogens is 3. The molecule has 35 heavy (non-hydrogen) atoms. The number of hydrogen-bond donors (Lipinski definition) is 0. The number of aryl methyl sites for hydroxylation is 2. The van der Waals surface area contributed by atoms with Crippen molar-refractivity contribution in [2.45, 2.75) is 46.2 Å². The van der Waals surface area contributed by atoms with Gasteiger partial charge in [0.1, 0.15) is 36.2 Å². The third kappa shape index (κ3) is 6.44. The molecule has 8 heteroatoms. The van der Waals surface area contributed by atoms with Crippen molar-refractivity contribution in [2.24, 2.45) is 11.8 Å². The molecular weight excluding hydrogens is 459 g/mol. The molecule has 0 radical (unpaired) electrons. The number of carbonyl (C=O) groups excluding carboxylic acids is 1. The van der Waals surface area contributed by atoms with Crippen LogP contribution in [0.3, 0.4) is 0 Å². The van der Waals surface area contributed by atoms with Crippen molar-refractivity contribution in [2.75, 3.05) is 13.2 Å². The average molecular weight is 490 g/mol. The Hall–Kier alpha value is -3.29. The molecule has 1 aromatic carbocycles. The number of benzene rings is 1. The van der Waals surface area contributed by atoms with E-state index in [4.69, 9.17) is 13.9 Å². The summed E-state index contributed by atoms with van der Waals surface area (Å²) in [4.78, 5) is 16.6. The predicted molar refractivity (Wildman–Crippen MR) is 128 cm³/mol. The molecule has 0 saturated heterocycles. The molecule has 2 heterocycles. The van der Waals surface area contributed by atoms with Crippen LogP contribution in [0.15, 0.2) is 53.5 Å². The number of fused-ring (bicyclic) bond motifs is 1. The first kappa shape index (κ1) is 26.3. The number of esters is 1. The highest BCUT2D eigenvalue weighted by molar-refractivity contribution is 5.84. The second-order valence-corrected chi connectivity index (χ2v) is 8.24. The van der Waals surface area contributed by atoms with Gasteiger partial charge in [0.05, 0.1) is 11.6 Å². The first-order valence-electron chi connectivity index (χ1n) is 11.7. The Balaban J connectivity index is 1.74. The zero-order chi connectivity index (χ0) is 25.6. The Morgan fingerprint density at radius 2 is 1.89 bits per heavy atom. The number of pyridine rings is 1. The van der Waals surface area contributed by atoms with E-state index in [2.05, 4.69) is 11.6 Å². The van der Waals surface area contributed by atoms with E-state index in [9.17, 15) is 18.0 Å². The molecule has 2 unspecified atom stereocenters. The van der Waals surface area contributed by atoms with E-state index in [1.54, 1.807) is 25.1 Å². The van der Waals surface area contributed by atoms with Gasteiger partial charge in [-0.25, -0.2) is 0 Å². The minimum Gasteiger partial charge on any atom is -0.493 e. The van der Waals surface area contributed by atoms with Gasteiger partial charge in [0.25, 0.3) is 0 Å². The predicted octanol–water partition coefficient (Wildman–Crippen LogP) is 6.93. The maximum absolute atomic E-state index is 13.5. The number of furan rings is 1. The lowest BCUT2D eigenvalue weighted by Gasteiger charge is -2.21. The Morgan fingerprint density at radius 3 is 2.51 bits per heavy atom. The summed E-state index contributed by atoms with van der Waals surface area (Å²) in [6.45, 7) is 7.79. The van der Waals surface area contributed by atoms with Crippen molar-refractivity contribution in [1.82, 2.24) is 4.98 Å². The first-order valence-corrected chi connectivity index (χ1v) is 11.7. The smallest absolute Gasteiger partial charge is 0.398 e. The van der Waals surface area contributed by atoms with Gasteiger partial charge in [0.2, 0.25) is 0 Å².